The van der Waals surface area contributed by atoms with Gasteiger partial charge >= 0.3 is 5.97 Å². The smallest absolute Gasteiger partial charge is 0.326 e. The lowest BCUT2D eigenvalue weighted by molar-refractivity contribution is -0.142. The molecule has 0 fully saturated rings. The summed E-state index contributed by atoms with van der Waals surface area (Å²) in [5.41, 5.74) is 11.8. The Morgan fingerprint density at radius 2 is 1.65 bits per heavy atom. The molecule has 34 heavy (non-hydrogen) atoms. The highest BCUT2D eigenvalue weighted by Gasteiger charge is 2.30. The maximum absolute atomic E-state index is 12.9. The van der Waals surface area contributed by atoms with E-state index in [1.807, 2.05) is 13.8 Å². The van der Waals surface area contributed by atoms with Gasteiger partial charge in [0.1, 0.15) is 18.1 Å². The van der Waals surface area contributed by atoms with Gasteiger partial charge in [-0.25, -0.2) is 9.78 Å². The molecule has 0 bridgehead atoms. The molecule has 0 spiro atoms. The van der Waals surface area contributed by atoms with Gasteiger partial charge in [-0.2, -0.15) is 0 Å². The number of nitrogens with one attached hydrogen (secondary N) is 4. The first-order chi connectivity index (χ1) is 16.1. The summed E-state index contributed by atoms with van der Waals surface area (Å²) in [7, 11) is 0. The second kappa shape index (κ2) is 15.0. The van der Waals surface area contributed by atoms with E-state index in [-0.39, 0.29) is 18.8 Å². The number of carboxylic acids is 1. The summed E-state index contributed by atoms with van der Waals surface area (Å²) < 4.78 is 0. The molecule has 0 saturated carbocycles. The molecule has 10 N–H and O–H groups in total. The summed E-state index contributed by atoms with van der Waals surface area (Å²) in [5, 5.41) is 26.4. The van der Waals surface area contributed by atoms with Crippen LogP contribution < -0.4 is 27.4 Å². The molecular formula is C21H37N7O6. The van der Waals surface area contributed by atoms with E-state index in [9.17, 15) is 29.4 Å². The summed E-state index contributed by atoms with van der Waals surface area (Å²) in [6.45, 7) is 3.43. The number of carbonyl (C=O) groups is 4. The van der Waals surface area contributed by atoms with E-state index in [1.165, 1.54) is 12.5 Å². The van der Waals surface area contributed by atoms with Gasteiger partial charge in [-0.3, -0.25) is 14.4 Å². The monoisotopic (exact) mass is 483 g/mol. The first-order valence-electron chi connectivity index (χ1n) is 11.3. The summed E-state index contributed by atoms with van der Waals surface area (Å²) in [6, 6.07) is -4.53. The Balaban J connectivity index is 2.81. The zero-order valence-corrected chi connectivity index (χ0v) is 19.6. The number of imidazole rings is 1. The van der Waals surface area contributed by atoms with Crippen LogP contribution in [0.3, 0.4) is 0 Å². The van der Waals surface area contributed by atoms with Gasteiger partial charge in [-0.05, 0) is 31.7 Å². The standard InChI is InChI=1S/C21H37N7O6/c1-12(2)7-15(19(31)27-16(21(33)34)8-13-9-24-11-25-13)26-20(32)17(10-29)28-18(30)14(23)5-3-4-6-22/h9,11-12,14-17,29H,3-8,10,22-23H2,1-2H3,(H,24,25)(H,26,32)(H,27,31)(H,28,30)(H,33,34). The molecule has 0 saturated heterocycles. The molecule has 4 atom stereocenters. The van der Waals surface area contributed by atoms with Crippen LogP contribution in [0.4, 0.5) is 0 Å². The quantitative estimate of drug-likeness (QED) is 0.121. The third-order valence-corrected chi connectivity index (χ3v) is 5.06. The lowest BCUT2D eigenvalue weighted by Crippen LogP contribution is -2.58. The number of aliphatic hydroxyl groups excluding tert-OH is 1. The van der Waals surface area contributed by atoms with Crippen molar-refractivity contribution in [2.45, 2.75) is 70.1 Å². The van der Waals surface area contributed by atoms with Gasteiger partial charge in [-0.15, -0.1) is 0 Å². The molecule has 4 unspecified atom stereocenters. The van der Waals surface area contributed by atoms with E-state index in [0.29, 0.717) is 31.5 Å². The minimum atomic E-state index is -1.32. The van der Waals surface area contributed by atoms with E-state index >= 15 is 0 Å². The number of H-pyrrole nitrogens is 1. The minimum absolute atomic E-state index is 0.0231. The highest BCUT2D eigenvalue weighted by molar-refractivity contribution is 5.94. The molecule has 1 aromatic rings. The van der Waals surface area contributed by atoms with Crippen LogP contribution in [0.1, 0.15) is 45.2 Å². The number of aliphatic hydroxyl groups is 1. The van der Waals surface area contributed by atoms with Gasteiger partial charge < -0.3 is 42.6 Å². The lowest BCUT2D eigenvalue weighted by atomic mass is 10.0. The number of nitrogens with zero attached hydrogens (tertiary/aromatic N) is 1. The maximum Gasteiger partial charge on any atom is 0.326 e. The van der Waals surface area contributed by atoms with Crippen molar-refractivity contribution in [1.82, 2.24) is 25.9 Å². The summed E-state index contributed by atoms with van der Waals surface area (Å²) >= 11 is 0. The number of unbranched alkanes of at least 4 members (excludes halogenated alkanes) is 1. The first kappa shape index (κ1) is 29.0. The van der Waals surface area contributed by atoms with Gasteiger partial charge in [0.15, 0.2) is 0 Å². The number of aromatic amines is 1. The summed E-state index contributed by atoms with van der Waals surface area (Å²) in [4.78, 5) is 56.1. The Bertz CT molecular complexity index is 787. The van der Waals surface area contributed by atoms with Crippen LogP contribution >= 0.6 is 0 Å². The Kier molecular flexibility index (Phi) is 12.8. The van der Waals surface area contributed by atoms with Crippen molar-refractivity contribution in [3.63, 3.8) is 0 Å². The molecule has 192 valence electrons. The number of carbonyl (C=O) groups excluding carboxylic acids is 3. The lowest BCUT2D eigenvalue weighted by Gasteiger charge is -2.25. The molecule has 1 heterocycles. The third kappa shape index (κ3) is 10.3. The number of hydrogen-bond donors (Lipinski definition) is 8. The van der Waals surface area contributed by atoms with Crippen LogP contribution in [0.15, 0.2) is 12.5 Å². The summed E-state index contributed by atoms with van der Waals surface area (Å²) in [6.07, 6.45) is 4.74. The van der Waals surface area contributed by atoms with Gasteiger partial charge in [0, 0.05) is 18.3 Å². The van der Waals surface area contributed by atoms with Gasteiger partial charge in [0.05, 0.1) is 19.0 Å². The third-order valence-electron chi connectivity index (χ3n) is 5.06. The highest BCUT2D eigenvalue weighted by Crippen LogP contribution is 2.08. The van der Waals surface area contributed by atoms with Gasteiger partial charge in [-0.1, -0.05) is 20.3 Å². The Hall–Kier alpha value is -3.03. The number of nitrogens with two attached hydrogens (primary N) is 2. The predicted molar refractivity (Wildman–Crippen MR) is 123 cm³/mol. The molecule has 0 aliphatic heterocycles. The fourth-order valence-corrected chi connectivity index (χ4v) is 3.18. The SMILES string of the molecule is CC(C)CC(NC(=O)C(CO)NC(=O)C(N)CCCCN)C(=O)NC(Cc1cnc[nH]1)C(=O)O. The molecule has 13 nitrogen and oxygen atoms in total. The normalized spacial score (nSPS) is 14.6. The fraction of sp³-hybridized carbons (Fsp3) is 0.667. The molecule has 1 aromatic heterocycles. The predicted octanol–water partition coefficient (Wildman–Crippen LogP) is -2.01. The molecular weight excluding hydrogens is 446 g/mol. The van der Waals surface area contributed by atoms with Crippen molar-refractivity contribution in [2.75, 3.05) is 13.2 Å². The van der Waals surface area contributed by atoms with E-state index < -0.39 is 54.5 Å². The van der Waals surface area contributed by atoms with Crippen molar-refractivity contribution < 1.29 is 29.4 Å². The Morgan fingerprint density at radius 3 is 2.18 bits per heavy atom. The highest BCUT2D eigenvalue weighted by atomic mass is 16.4. The maximum atomic E-state index is 12.9. The number of carboxylic acid groups (broad SMARTS) is 1. The van der Waals surface area contributed by atoms with E-state index in [0.717, 1.165) is 0 Å². The average molecular weight is 484 g/mol. The number of amides is 3. The zero-order valence-electron chi connectivity index (χ0n) is 19.6. The van der Waals surface area contributed by atoms with Gasteiger partial charge in [0.25, 0.3) is 0 Å². The Morgan fingerprint density at radius 1 is 1.03 bits per heavy atom. The van der Waals surface area contributed by atoms with Crippen LogP contribution in [0, 0.1) is 5.92 Å². The van der Waals surface area contributed by atoms with Crippen LogP contribution in [0.2, 0.25) is 0 Å². The van der Waals surface area contributed by atoms with Crippen molar-refractivity contribution >= 4 is 23.7 Å². The number of rotatable bonds is 16. The van der Waals surface area contributed by atoms with Crippen molar-refractivity contribution in [3.05, 3.63) is 18.2 Å². The molecule has 0 aliphatic carbocycles. The molecule has 0 radical (unpaired) electrons. The molecule has 1 rings (SSSR count). The summed E-state index contributed by atoms with van der Waals surface area (Å²) in [5.74, 6) is -3.37. The van der Waals surface area contributed by atoms with Crippen LogP contribution in [0.25, 0.3) is 0 Å². The van der Waals surface area contributed by atoms with Crippen LogP contribution in [0.5, 0.6) is 0 Å². The second-order valence-corrected chi connectivity index (χ2v) is 8.51. The minimum Gasteiger partial charge on any atom is -0.480 e. The van der Waals surface area contributed by atoms with E-state index in [2.05, 4.69) is 25.9 Å². The largest absolute Gasteiger partial charge is 0.480 e. The van der Waals surface area contributed by atoms with Crippen molar-refractivity contribution in [2.24, 2.45) is 17.4 Å². The van der Waals surface area contributed by atoms with Crippen molar-refractivity contribution in [1.29, 1.82) is 0 Å². The fourth-order valence-electron chi connectivity index (χ4n) is 3.18. The Labute approximate surface area is 198 Å². The van der Waals surface area contributed by atoms with Gasteiger partial charge in [0.2, 0.25) is 17.7 Å². The topological polar surface area (TPSA) is 226 Å². The van der Waals surface area contributed by atoms with Crippen molar-refractivity contribution in [3.8, 4) is 0 Å². The average Bonchev–Trinajstić information content (AvgIpc) is 3.29. The van der Waals surface area contributed by atoms with E-state index in [4.69, 9.17) is 11.5 Å². The second-order valence-electron chi connectivity index (χ2n) is 8.51. The molecule has 13 heteroatoms. The molecule has 0 aliphatic rings. The zero-order chi connectivity index (χ0) is 25.7. The molecule has 0 aromatic carbocycles. The first-order valence-corrected chi connectivity index (χ1v) is 11.3. The number of aromatic nitrogens is 2. The number of aliphatic carboxylic acids is 1. The van der Waals surface area contributed by atoms with Crippen LogP contribution in [-0.2, 0) is 25.6 Å². The number of hydrogen-bond acceptors (Lipinski definition) is 8. The van der Waals surface area contributed by atoms with E-state index in [1.54, 1.807) is 0 Å². The molecule has 3 amide bonds. The van der Waals surface area contributed by atoms with Crippen LogP contribution in [-0.4, -0.2) is 81.2 Å².